The third kappa shape index (κ3) is 1.01. The van der Waals surface area contributed by atoms with Crippen LogP contribution in [0.3, 0.4) is 0 Å². The highest BCUT2D eigenvalue weighted by Gasteiger charge is 2.49. The molecule has 0 amide bonds. The summed E-state index contributed by atoms with van der Waals surface area (Å²) in [4.78, 5) is 0. The first kappa shape index (κ1) is 7.34. The zero-order valence-corrected chi connectivity index (χ0v) is 7.66. The van der Waals surface area contributed by atoms with E-state index in [1.54, 1.807) is 0 Å². The number of hydrogen-bond donors (Lipinski definition) is 2. The Hall–Kier alpha value is -0.0800. The predicted molar refractivity (Wildman–Crippen MR) is 49.2 cm³/mol. The van der Waals surface area contributed by atoms with Crippen molar-refractivity contribution >= 4 is 0 Å². The molecule has 0 radical (unpaired) electrons. The molecule has 2 aliphatic carbocycles. The Kier molecular flexibility index (Phi) is 1.37. The average Bonchev–Trinajstić information content (AvgIpc) is 2.72. The highest BCUT2D eigenvalue weighted by molar-refractivity contribution is 5.12. The van der Waals surface area contributed by atoms with Gasteiger partial charge in [0.25, 0.3) is 0 Å². The first-order chi connectivity index (χ1) is 5.83. The van der Waals surface area contributed by atoms with E-state index in [0.717, 1.165) is 0 Å². The molecule has 2 nitrogen and oxygen atoms in total. The van der Waals surface area contributed by atoms with Gasteiger partial charge >= 0.3 is 0 Å². The van der Waals surface area contributed by atoms with Crippen LogP contribution in [0.2, 0.25) is 0 Å². The van der Waals surface area contributed by atoms with Gasteiger partial charge in [-0.25, -0.2) is 0 Å². The zero-order valence-electron chi connectivity index (χ0n) is 7.66. The Bertz CT molecular complexity index is 178. The van der Waals surface area contributed by atoms with E-state index in [2.05, 4.69) is 10.6 Å². The summed E-state index contributed by atoms with van der Waals surface area (Å²) in [5.74, 6) is 0. The molecular formula is C10H18N2. The molecule has 1 heterocycles. The number of piperazine rings is 1. The fourth-order valence-electron chi connectivity index (χ4n) is 2.75. The second-order valence-corrected chi connectivity index (χ2v) is 4.97. The lowest BCUT2D eigenvalue weighted by Gasteiger charge is -2.40. The van der Waals surface area contributed by atoms with Gasteiger partial charge in [0.15, 0.2) is 0 Å². The molecule has 3 rings (SSSR count). The molecule has 0 aromatic rings. The quantitative estimate of drug-likeness (QED) is 0.561. The minimum atomic E-state index is 0.508. The summed E-state index contributed by atoms with van der Waals surface area (Å²) < 4.78 is 0. The van der Waals surface area contributed by atoms with Crippen molar-refractivity contribution in [2.45, 2.75) is 49.6 Å². The fraction of sp³-hybridized carbons (Fsp3) is 1.00. The van der Waals surface area contributed by atoms with Crippen molar-refractivity contribution in [2.24, 2.45) is 0 Å². The van der Waals surface area contributed by atoms with Gasteiger partial charge in [-0.15, -0.1) is 0 Å². The molecular weight excluding hydrogens is 148 g/mol. The largest absolute Gasteiger partial charge is 0.308 e. The van der Waals surface area contributed by atoms with Crippen molar-refractivity contribution in [3.8, 4) is 0 Å². The third-order valence-corrected chi connectivity index (χ3v) is 4.02. The van der Waals surface area contributed by atoms with Gasteiger partial charge in [-0.05, 0) is 25.7 Å². The van der Waals surface area contributed by atoms with Crippen molar-refractivity contribution in [3.05, 3.63) is 0 Å². The smallest absolute Gasteiger partial charge is 0.0308 e. The summed E-state index contributed by atoms with van der Waals surface area (Å²) in [5.41, 5.74) is 1.06. The van der Waals surface area contributed by atoms with Gasteiger partial charge in [0.05, 0.1) is 0 Å². The van der Waals surface area contributed by atoms with E-state index < -0.39 is 0 Å². The Balaban J connectivity index is 1.69. The number of hydrogen-bond acceptors (Lipinski definition) is 2. The molecule has 2 saturated carbocycles. The molecule has 3 fully saturated rings. The highest BCUT2D eigenvalue weighted by Crippen LogP contribution is 2.40. The number of nitrogens with one attached hydrogen (secondary N) is 2. The molecule has 0 aromatic carbocycles. The van der Waals surface area contributed by atoms with Gasteiger partial charge in [0, 0.05) is 24.2 Å². The Morgan fingerprint density at radius 1 is 0.667 bits per heavy atom. The SMILES string of the molecule is C1CCC2(C1)CNC1(CC1)CN2. The van der Waals surface area contributed by atoms with E-state index in [1.165, 1.54) is 51.6 Å². The van der Waals surface area contributed by atoms with Crippen molar-refractivity contribution < 1.29 is 0 Å². The van der Waals surface area contributed by atoms with Gasteiger partial charge in [0.1, 0.15) is 0 Å². The van der Waals surface area contributed by atoms with E-state index in [0.29, 0.717) is 11.1 Å². The molecule has 0 bridgehead atoms. The highest BCUT2D eigenvalue weighted by atomic mass is 15.2. The van der Waals surface area contributed by atoms with Crippen molar-refractivity contribution in [1.29, 1.82) is 0 Å². The van der Waals surface area contributed by atoms with Crippen LogP contribution in [-0.4, -0.2) is 24.2 Å². The van der Waals surface area contributed by atoms with Crippen LogP contribution in [0.4, 0.5) is 0 Å². The molecule has 0 unspecified atom stereocenters. The minimum absolute atomic E-state index is 0.508. The lowest BCUT2D eigenvalue weighted by Crippen LogP contribution is -2.62. The van der Waals surface area contributed by atoms with Gasteiger partial charge in [-0.1, -0.05) is 12.8 Å². The molecule has 2 N–H and O–H groups in total. The van der Waals surface area contributed by atoms with E-state index in [1.807, 2.05) is 0 Å². The summed E-state index contributed by atoms with van der Waals surface area (Å²) in [7, 11) is 0. The predicted octanol–water partition coefficient (Wildman–Crippen LogP) is 1.02. The fourth-order valence-corrected chi connectivity index (χ4v) is 2.75. The zero-order chi connectivity index (χ0) is 8.07. The maximum atomic E-state index is 3.78. The first-order valence-corrected chi connectivity index (χ1v) is 5.33. The second-order valence-electron chi connectivity index (χ2n) is 4.97. The minimum Gasteiger partial charge on any atom is -0.308 e. The van der Waals surface area contributed by atoms with E-state index in [9.17, 15) is 0 Å². The summed E-state index contributed by atoms with van der Waals surface area (Å²) in [6.45, 7) is 2.46. The maximum Gasteiger partial charge on any atom is 0.0308 e. The van der Waals surface area contributed by atoms with Crippen LogP contribution in [0.25, 0.3) is 0 Å². The van der Waals surface area contributed by atoms with Gasteiger partial charge in [-0.2, -0.15) is 0 Å². The molecule has 3 aliphatic rings. The van der Waals surface area contributed by atoms with E-state index >= 15 is 0 Å². The summed E-state index contributed by atoms with van der Waals surface area (Å²) in [5, 5.41) is 7.52. The molecule has 2 spiro atoms. The van der Waals surface area contributed by atoms with Crippen LogP contribution in [0.15, 0.2) is 0 Å². The Labute approximate surface area is 74.1 Å². The van der Waals surface area contributed by atoms with Crippen LogP contribution in [0.5, 0.6) is 0 Å². The topological polar surface area (TPSA) is 24.1 Å². The normalized spacial score (nSPS) is 36.0. The summed E-state index contributed by atoms with van der Waals surface area (Å²) >= 11 is 0. The standard InChI is InChI=1S/C10H18N2/c1-2-4-9(3-1)7-12-10(5-6-10)8-11-9/h11-12H,1-8H2. The van der Waals surface area contributed by atoms with E-state index in [4.69, 9.17) is 0 Å². The van der Waals surface area contributed by atoms with Gasteiger partial charge in [0.2, 0.25) is 0 Å². The first-order valence-electron chi connectivity index (χ1n) is 5.33. The monoisotopic (exact) mass is 166 g/mol. The maximum absolute atomic E-state index is 3.78. The molecule has 1 aliphatic heterocycles. The van der Waals surface area contributed by atoms with Crippen LogP contribution in [0.1, 0.15) is 38.5 Å². The van der Waals surface area contributed by atoms with Crippen LogP contribution >= 0.6 is 0 Å². The molecule has 1 saturated heterocycles. The lowest BCUT2D eigenvalue weighted by molar-refractivity contribution is 0.228. The summed E-state index contributed by atoms with van der Waals surface area (Å²) in [6.07, 6.45) is 8.46. The van der Waals surface area contributed by atoms with Crippen molar-refractivity contribution in [3.63, 3.8) is 0 Å². The van der Waals surface area contributed by atoms with Crippen LogP contribution in [-0.2, 0) is 0 Å². The van der Waals surface area contributed by atoms with Gasteiger partial charge < -0.3 is 10.6 Å². The average molecular weight is 166 g/mol. The molecule has 2 heteroatoms. The molecule has 0 atom stereocenters. The van der Waals surface area contributed by atoms with Gasteiger partial charge in [-0.3, -0.25) is 0 Å². The molecule has 12 heavy (non-hydrogen) atoms. The summed E-state index contributed by atoms with van der Waals surface area (Å²) in [6, 6.07) is 0. The van der Waals surface area contributed by atoms with Crippen LogP contribution in [0, 0.1) is 0 Å². The Morgan fingerprint density at radius 3 is 1.58 bits per heavy atom. The van der Waals surface area contributed by atoms with Crippen LogP contribution < -0.4 is 10.6 Å². The van der Waals surface area contributed by atoms with Crippen molar-refractivity contribution in [2.75, 3.05) is 13.1 Å². The van der Waals surface area contributed by atoms with E-state index in [-0.39, 0.29) is 0 Å². The van der Waals surface area contributed by atoms with Crippen molar-refractivity contribution in [1.82, 2.24) is 10.6 Å². The lowest BCUT2D eigenvalue weighted by atomic mass is 9.93. The third-order valence-electron chi connectivity index (χ3n) is 4.02. The molecule has 0 aromatic heterocycles. The number of rotatable bonds is 0. The molecule has 68 valence electrons. The Morgan fingerprint density at radius 2 is 1.17 bits per heavy atom. The second kappa shape index (κ2) is 2.24.